The number of aromatic nitrogens is 5. The summed E-state index contributed by atoms with van der Waals surface area (Å²) in [6.07, 6.45) is 3.30. The van der Waals surface area contributed by atoms with Crippen LogP contribution < -0.4 is 33.9 Å². The second kappa shape index (κ2) is 17.8. The lowest BCUT2D eigenvalue weighted by Crippen LogP contribution is -2.29. The van der Waals surface area contributed by atoms with E-state index in [1.807, 2.05) is 36.4 Å². The summed E-state index contributed by atoms with van der Waals surface area (Å²) in [6.45, 7) is 0. The molecule has 0 radical (unpaired) electrons. The summed E-state index contributed by atoms with van der Waals surface area (Å²) in [6, 6.07) is 16.0. The van der Waals surface area contributed by atoms with Crippen molar-refractivity contribution in [3.63, 3.8) is 0 Å². The average Bonchev–Trinajstić information content (AvgIpc) is 3.13. The first kappa shape index (κ1) is 38.1. The van der Waals surface area contributed by atoms with Crippen LogP contribution in [0.1, 0.15) is 0 Å². The number of ether oxygens (including phenoxy) is 6. The van der Waals surface area contributed by atoms with Crippen LogP contribution in [-0.4, -0.2) is 84.7 Å². The summed E-state index contributed by atoms with van der Waals surface area (Å²) < 4.78 is 31.9. The van der Waals surface area contributed by atoms with Crippen LogP contribution in [0.3, 0.4) is 0 Å². The number of rotatable bonds is 8. The fourth-order valence-electron chi connectivity index (χ4n) is 4.42. The molecule has 0 aliphatic carbocycles. The Morgan fingerprint density at radius 1 is 0.600 bits per heavy atom. The van der Waals surface area contributed by atoms with Crippen LogP contribution in [0.25, 0.3) is 33.1 Å². The molecule has 0 bridgehead atoms. The zero-order valence-corrected chi connectivity index (χ0v) is 30.7. The number of benzene rings is 3. The molecule has 6 rings (SSSR count). The van der Waals surface area contributed by atoms with E-state index < -0.39 is 7.12 Å². The normalized spacial score (nSPS) is 10.3. The lowest BCUT2D eigenvalue weighted by atomic mass is 9.80. The molecule has 13 nitrogen and oxygen atoms in total. The zero-order chi connectivity index (χ0) is 36.4. The van der Waals surface area contributed by atoms with Gasteiger partial charge in [-0.25, -0.2) is 15.0 Å². The average molecular weight is 787 g/mol. The molecule has 3 aromatic heterocycles. The van der Waals surface area contributed by atoms with Gasteiger partial charge in [0.2, 0.25) is 16.4 Å². The molecule has 6 aromatic rings. The molecule has 0 saturated carbocycles. The van der Waals surface area contributed by atoms with E-state index in [2.05, 4.69) is 40.8 Å². The molecule has 0 atom stereocenters. The maximum Gasteiger partial charge on any atom is 0.488 e. The fourth-order valence-corrected chi connectivity index (χ4v) is 5.18. The topological polar surface area (TPSA) is 160 Å². The molecule has 0 aliphatic rings. The summed E-state index contributed by atoms with van der Waals surface area (Å²) in [5, 5.41) is 19.9. The minimum absolute atomic E-state index is 0.175. The molecular formula is C33H31BBrCl2N5O8. The number of fused-ring (bicyclic) bond motifs is 2. The van der Waals surface area contributed by atoms with Gasteiger partial charge in [0.05, 0.1) is 52.6 Å². The summed E-state index contributed by atoms with van der Waals surface area (Å²) in [7, 11) is 7.89. The van der Waals surface area contributed by atoms with Gasteiger partial charge in [0.1, 0.15) is 28.7 Å². The summed E-state index contributed by atoms with van der Waals surface area (Å²) >= 11 is 14.8. The minimum Gasteiger partial charge on any atom is -0.497 e. The van der Waals surface area contributed by atoms with Crippen molar-refractivity contribution in [1.29, 1.82) is 0 Å². The van der Waals surface area contributed by atoms with Gasteiger partial charge < -0.3 is 38.5 Å². The molecule has 2 N–H and O–H groups in total. The zero-order valence-electron chi connectivity index (χ0n) is 27.6. The summed E-state index contributed by atoms with van der Waals surface area (Å²) in [4.78, 5) is 20.2. The van der Waals surface area contributed by atoms with Gasteiger partial charge in [0.15, 0.2) is 5.65 Å². The van der Waals surface area contributed by atoms with Crippen molar-refractivity contribution < 1.29 is 38.5 Å². The van der Waals surface area contributed by atoms with Crippen LogP contribution in [0.5, 0.6) is 34.6 Å². The number of halogens is 3. The third-order valence-corrected chi connectivity index (χ3v) is 7.79. The van der Waals surface area contributed by atoms with Crippen LogP contribution in [-0.2, 0) is 0 Å². The molecule has 0 amide bonds. The Hall–Kier alpha value is -4.67. The first-order valence-electron chi connectivity index (χ1n) is 14.4. The number of hydrogen-bond donors (Lipinski definition) is 2. The van der Waals surface area contributed by atoms with Crippen molar-refractivity contribution in [3.8, 4) is 45.8 Å². The first-order chi connectivity index (χ1) is 24.0. The van der Waals surface area contributed by atoms with Gasteiger partial charge in [-0.1, -0.05) is 0 Å². The summed E-state index contributed by atoms with van der Waals surface area (Å²) in [5.41, 5.74) is 3.39. The van der Waals surface area contributed by atoms with Crippen molar-refractivity contribution in [3.05, 3.63) is 82.0 Å². The molecule has 260 valence electrons. The molecule has 17 heteroatoms. The highest BCUT2D eigenvalue weighted by Gasteiger charge is 2.14. The van der Waals surface area contributed by atoms with Gasteiger partial charge in [-0.2, -0.15) is 9.97 Å². The Labute approximate surface area is 306 Å². The van der Waals surface area contributed by atoms with Crippen molar-refractivity contribution in [1.82, 2.24) is 24.9 Å². The Bertz CT molecular complexity index is 2050. The van der Waals surface area contributed by atoms with E-state index in [0.717, 1.165) is 31.9 Å². The quantitative estimate of drug-likeness (QED) is 0.141. The van der Waals surface area contributed by atoms with Gasteiger partial charge in [0, 0.05) is 46.9 Å². The van der Waals surface area contributed by atoms with E-state index in [9.17, 15) is 0 Å². The molecule has 3 heterocycles. The Balaban J connectivity index is 0.000000180. The van der Waals surface area contributed by atoms with Crippen LogP contribution in [0.2, 0.25) is 10.6 Å². The largest absolute Gasteiger partial charge is 0.497 e. The van der Waals surface area contributed by atoms with E-state index in [4.69, 9.17) is 61.7 Å². The lowest BCUT2D eigenvalue weighted by molar-refractivity contribution is 0.392. The van der Waals surface area contributed by atoms with E-state index >= 15 is 0 Å². The fraction of sp³-hybridized carbons (Fsp3) is 0.182. The molecule has 3 aromatic carbocycles. The van der Waals surface area contributed by atoms with Gasteiger partial charge >= 0.3 is 7.12 Å². The van der Waals surface area contributed by atoms with Crippen molar-refractivity contribution in [2.75, 3.05) is 42.7 Å². The maximum absolute atomic E-state index is 8.91. The summed E-state index contributed by atoms with van der Waals surface area (Å²) in [5.74, 6) is 3.63. The van der Waals surface area contributed by atoms with Crippen molar-refractivity contribution >= 4 is 73.6 Å². The minimum atomic E-state index is -1.51. The SMILES string of the molecule is COc1cc(OC)cc(-c2cc3cnc(Cl)nc3cc2OC)c1.COc1cc(OC)cc(B(O)O)c1.COc1nc2nc(Cl)ncc2cc1Br. The Morgan fingerprint density at radius 2 is 1.14 bits per heavy atom. The van der Waals surface area contributed by atoms with Crippen LogP contribution in [0, 0.1) is 0 Å². The lowest BCUT2D eigenvalue weighted by Gasteiger charge is -2.13. The van der Waals surface area contributed by atoms with Gasteiger partial charge in [0.25, 0.3) is 0 Å². The first-order valence-corrected chi connectivity index (χ1v) is 15.9. The van der Waals surface area contributed by atoms with Crippen molar-refractivity contribution in [2.45, 2.75) is 0 Å². The van der Waals surface area contributed by atoms with Crippen LogP contribution >= 0.6 is 39.1 Å². The third kappa shape index (κ3) is 9.73. The maximum atomic E-state index is 8.91. The highest BCUT2D eigenvalue weighted by Crippen LogP contribution is 2.37. The van der Waals surface area contributed by atoms with Crippen LogP contribution in [0.15, 0.2) is 71.5 Å². The molecule has 0 unspecified atom stereocenters. The molecule has 0 spiro atoms. The second-order valence-electron chi connectivity index (χ2n) is 9.90. The smallest absolute Gasteiger partial charge is 0.488 e. The molecule has 0 aliphatic heterocycles. The standard InChI is InChI=1S/C17H15ClN2O3.C8H11BO4.C8H5BrClN3O/c1-21-12-4-10(5-13(7-12)22-2)14-6-11-9-19-17(18)20-15(11)8-16(14)23-3;1-12-7-3-6(9(10)11)4-8(5-7)13-2;1-14-7-5(9)2-4-3-11-8(10)13-6(4)12-7/h4-9H,1-3H3;3-5,10-11H,1-2H3;2-3H,1H3. The number of nitrogens with zero attached hydrogens (tertiary/aromatic N) is 5. The van der Waals surface area contributed by atoms with E-state index in [1.54, 1.807) is 46.9 Å². The second-order valence-corrected chi connectivity index (χ2v) is 11.4. The number of pyridine rings is 1. The van der Waals surface area contributed by atoms with Crippen molar-refractivity contribution in [2.24, 2.45) is 0 Å². The van der Waals surface area contributed by atoms with Crippen LogP contribution in [0.4, 0.5) is 0 Å². The highest BCUT2D eigenvalue weighted by molar-refractivity contribution is 9.10. The molecule has 0 fully saturated rings. The predicted octanol–water partition coefficient (Wildman–Crippen LogP) is 5.81. The Morgan fingerprint density at radius 3 is 1.66 bits per heavy atom. The molecule has 50 heavy (non-hydrogen) atoms. The third-order valence-electron chi connectivity index (χ3n) is 6.86. The monoisotopic (exact) mass is 785 g/mol. The van der Waals surface area contributed by atoms with Gasteiger partial charge in [-0.3, -0.25) is 0 Å². The highest BCUT2D eigenvalue weighted by atomic mass is 79.9. The number of hydrogen-bond acceptors (Lipinski definition) is 13. The molecule has 0 saturated heterocycles. The number of methoxy groups -OCH3 is 6. The molecular weight excluding hydrogens is 756 g/mol. The predicted molar refractivity (Wildman–Crippen MR) is 196 cm³/mol. The van der Waals surface area contributed by atoms with E-state index in [0.29, 0.717) is 45.7 Å². The Kier molecular flexibility index (Phi) is 13.6. The van der Waals surface area contributed by atoms with E-state index in [-0.39, 0.29) is 10.6 Å². The van der Waals surface area contributed by atoms with Gasteiger partial charge in [-0.15, -0.1) is 0 Å². The van der Waals surface area contributed by atoms with Gasteiger partial charge in [-0.05, 0) is 86.6 Å². The van der Waals surface area contributed by atoms with E-state index in [1.165, 1.54) is 26.4 Å².